The molecule has 3 aromatic heterocycles. The van der Waals surface area contributed by atoms with Crippen LogP contribution < -0.4 is 15.5 Å². The average molecular weight is 450 g/mol. The standard InChI is InChI=1S/C25H28FN5O2/c1-4-27-17-7-9-30(10-8-17)22-6-5-19(23-20(22)11-16(3)33-23)25(32)29-18-12-21(26)24-28-15(2)13-31(24)14-18/h5-6,11-14,17,27H,4,7-10H2,1-3H3,(H,29,32). The number of nitrogens with zero attached hydrogens (tertiary/aromatic N) is 3. The number of pyridine rings is 1. The van der Waals surface area contributed by atoms with Crippen molar-refractivity contribution in [2.75, 3.05) is 29.9 Å². The molecule has 1 aromatic carbocycles. The predicted molar refractivity (Wildman–Crippen MR) is 128 cm³/mol. The summed E-state index contributed by atoms with van der Waals surface area (Å²) in [6.45, 7) is 8.70. The van der Waals surface area contributed by atoms with Gasteiger partial charge in [0.25, 0.3) is 5.91 Å². The maximum atomic E-state index is 14.4. The molecule has 0 radical (unpaired) electrons. The summed E-state index contributed by atoms with van der Waals surface area (Å²) < 4.78 is 22.0. The number of halogens is 1. The lowest BCUT2D eigenvalue weighted by Crippen LogP contribution is -2.42. The van der Waals surface area contributed by atoms with Crippen LogP contribution in [0.1, 0.15) is 41.6 Å². The number of hydrogen-bond donors (Lipinski definition) is 2. The average Bonchev–Trinajstić information content (AvgIpc) is 3.35. The van der Waals surface area contributed by atoms with Crippen molar-refractivity contribution in [3.8, 4) is 0 Å². The molecule has 0 unspecified atom stereocenters. The van der Waals surface area contributed by atoms with Gasteiger partial charge in [-0.05, 0) is 51.4 Å². The zero-order valence-corrected chi connectivity index (χ0v) is 19.1. The number of benzene rings is 1. The number of amides is 1. The van der Waals surface area contributed by atoms with Gasteiger partial charge in [-0.3, -0.25) is 4.79 Å². The lowest BCUT2D eigenvalue weighted by Gasteiger charge is -2.34. The van der Waals surface area contributed by atoms with Crippen LogP contribution in [0.25, 0.3) is 16.6 Å². The second kappa shape index (κ2) is 8.51. The summed E-state index contributed by atoms with van der Waals surface area (Å²) in [5.41, 5.74) is 3.35. The highest BCUT2D eigenvalue weighted by atomic mass is 19.1. The molecular weight excluding hydrogens is 421 g/mol. The lowest BCUT2D eigenvalue weighted by molar-refractivity contribution is 0.102. The molecule has 0 spiro atoms. The predicted octanol–water partition coefficient (Wildman–Crippen LogP) is 4.67. The van der Waals surface area contributed by atoms with Gasteiger partial charge in [0, 0.05) is 48.7 Å². The van der Waals surface area contributed by atoms with E-state index >= 15 is 0 Å². The second-order valence-electron chi connectivity index (χ2n) is 8.70. The summed E-state index contributed by atoms with van der Waals surface area (Å²) in [4.78, 5) is 19.7. The molecule has 0 saturated carbocycles. The highest BCUT2D eigenvalue weighted by Gasteiger charge is 2.23. The van der Waals surface area contributed by atoms with Gasteiger partial charge in [0.1, 0.15) is 11.3 Å². The molecular formula is C25H28FN5O2. The minimum Gasteiger partial charge on any atom is -0.460 e. The Morgan fingerprint density at radius 3 is 2.76 bits per heavy atom. The molecule has 1 fully saturated rings. The molecule has 1 aliphatic heterocycles. The molecule has 0 bridgehead atoms. The van der Waals surface area contributed by atoms with Crippen molar-refractivity contribution in [3.63, 3.8) is 0 Å². The molecule has 7 nitrogen and oxygen atoms in total. The number of rotatable bonds is 5. The van der Waals surface area contributed by atoms with Crippen LogP contribution in [0.4, 0.5) is 15.8 Å². The number of nitrogens with one attached hydrogen (secondary N) is 2. The van der Waals surface area contributed by atoms with Gasteiger partial charge in [0.2, 0.25) is 0 Å². The van der Waals surface area contributed by atoms with Crippen molar-refractivity contribution < 1.29 is 13.6 Å². The molecule has 1 amide bonds. The van der Waals surface area contributed by atoms with Crippen LogP contribution in [0.2, 0.25) is 0 Å². The maximum absolute atomic E-state index is 14.4. The Morgan fingerprint density at radius 2 is 2.00 bits per heavy atom. The van der Waals surface area contributed by atoms with Crippen LogP contribution in [-0.4, -0.2) is 41.0 Å². The Balaban J connectivity index is 1.43. The second-order valence-corrected chi connectivity index (χ2v) is 8.70. The highest BCUT2D eigenvalue weighted by molar-refractivity contribution is 6.13. The molecule has 1 aliphatic rings. The fourth-order valence-corrected chi connectivity index (χ4v) is 4.75. The summed E-state index contributed by atoms with van der Waals surface area (Å²) in [5, 5.41) is 7.27. The third-order valence-electron chi connectivity index (χ3n) is 6.24. The Kier molecular flexibility index (Phi) is 5.54. The van der Waals surface area contributed by atoms with E-state index in [0.717, 1.165) is 49.3 Å². The van der Waals surface area contributed by atoms with E-state index in [9.17, 15) is 9.18 Å². The molecule has 4 aromatic rings. The molecule has 0 atom stereocenters. The third kappa shape index (κ3) is 4.06. The quantitative estimate of drug-likeness (QED) is 0.463. The zero-order chi connectivity index (χ0) is 23.1. The summed E-state index contributed by atoms with van der Waals surface area (Å²) >= 11 is 0. The number of aryl methyl sites for hydroxylation is 2. The number of furan rings is 1. The SMILES string of the molecule is CCNC1CCN(c2ccc(C(=O)Nc3cc(F)c4nc(C)cn4c3)c3oc(C)cc23)CC1. The molecule has 5 rings (SSSR count). The monoisotopic (exact) mass is 449 g/mol. The van der Waals surface area contributed by atoms with Gasteiger partial charge in [-0.2, -0.15) is 0 Å². The van der Waals surface area contributed by atoms with E-state index in [4.69, 9.17) is 4.42 Å². The molecule has 4 heterocycles. The fraction of sp³-hybridized carbons (Fsp3) is 0.360. The van der Waals surface area contributed by atoms with E-state index < -0.39 is 5.82 Å². The molecule has 1 saturated heterocycles. The minimum absolute atomic E-state index is 0.233. The van der Waals surface area contributed by atoms with Crippen molar-refractivity contribution in [2.24, 2.45) is 0 Å². The Morgan fingerprint density at radius 1 is 1.21 bits per heavy atom. The fourth-order valence-electron chi connectivity index (χ4n) is 4.75. The van der Waals surface area contributed by atoms with Crippen molar-refractivity contribution in [2.45, 2.75) is 39.7 Å². The van der Waals surface area contributed by atoms with Gasteiger partial charge in [-0.1, -0.05) is 6.92 Å². The first kappa shape index (κ1) is 21.5. The topological polar surface area (TPSA) is 74.8 Å². The van der Waals surface area contributed by atoms with Crippen LogP contribution in [0.3, 0.4) is 0 Å². The molecule has 8 heteroatoms. The molecule has 2 N–H and O–H groups in total. The van der Waals surface area contributed by atoms with Crippen molar-refractivity contribution >= 4 is 33.9 Å². The highest BCUT2D eigenvalue weighted by Crippen LogP contribution is 2.34. The number of aromatic nitrogens is 2. The molecule has 0 aliphatic carbocycles. The molecule has 172 valence electrons. The first-order chi connectivity index (χ1) is 15.9. The summed E-state index contributed by atoms with van der Waals surface area (Å²) in [5.74, 6) is -0.0889. The Labute approximate surface area is 191 Å². The van der Waals surface area contributed by atoms with Crippen LogP contribution in [0.5, 0.6) is 0 Å². The van der Waals surface area contributed by atoms with Crippen molar-refractivity contribution in [1.29, 1.82) is 0 Å². The van der Waals surface area contributed by atoms with Gasteiger partial charge in [0.15, 0.2) is 11.5 Å². The normalized spacial score (nSPS) is 15.0. The number of carbonyl (C=O) groups is 1. The van der Waals surface area contributed by atoms with Crippen molar-refractivity contribution in [1.82, 2.24) is 14.7 Å². The van der Waals surface area contributed by atoms with Crippen LogP contribution in [0.15, 0.2) is 41.1 Å². The van der Waals surface area contributed by atoms with E-state index in [0.29, 0.717) is 28.6 Å². The smallest absolute Gasteiger partial charge is 0.259 e. The van der Waals surface area contributed by atoms with Crippen LogP contribution >= 0.6 is 0 Å². The number of carbonyl (C=O) groups excluding carboxylic acids is 1. The van der Waals surface area contributed by atoms with E-state index in [1.807, 2.05) is 19.1 Å². The van der Waals surface area contributed by atoms with E-state index in [1.165, 1.54) is 6.07 Å². The number of hydrogen-bond acceptors (Lipinski definition) is 5. The van der Waals surface area contributed by atoms with Crippen LogP contribution in [-0.2, 0) is 0 Å². The summed E-state index contributed by atoms with van der Waals surface area (Å²) in [6.07, 6.45) is 5.53. The largest absolute Gasteiger partial charge is 0.460 e. The van der Waals surface area contributed by atoms with Gasteiger partial charge >= 0.3 is 0 Å². The first-order valence-electron chi connectivity index (χ1n) is 11.4. The lowest BCUT2D eigenvalue weighted by atomic mass is 10.0. The minimum atomic E-state index is -0.490. The third-order valence-corrected chi connectivity index (χ3v) is 6.24. The van der Waals surface area contributed by atoms with Crippen LogP contribution in [0, 0.1) is 19.7 Å². The zero-order valence-electron chi connectivity index (χ0n) is 19.1. The maximum Gasteiger partial charge on any atom is 0.259 e. The Bertz CT molecular complexity index is 1330. The summed E-state index contributed by atoms with van der Waals surface area (Å²) in [7, 11) is 0. The van der Waals surface area contributed by atoms with E-state index in [2.05, 4.69) is 27.4 Å². The van der Waals surface area contributed by atoms with Gasteiger partial charge < -0.3 is 24.4 Å². The van der Waals surface area contributed by atoms with Gasteiger partial charge in [0.05, 0.1) is 16.9 Å². The Hall–Kier alpha value is -3.39. The van der Waals surface area contributed by atoms with E-state index in [1.54, 1.807) is 29.8 Å². The number of anilines is 2. The number of piperidine rings is 1. The van der Waals surface area contributed by atoms with E-state index in [-0.39, 0.29) is 11.6 Å². The van der Waals surface area contributed by atoms with Gasteiger partial charge in [-0.15, -0.1) is 0 Å². The first-order valence-corrected chi connectivity index (χ1v) is 11.4. The number of imidazole rings is 1. The molecule has 33 heavy (non-hydrogen) atoms. The van der Waals surface area contributed by atoms with Gasteiger partial charge in [-0.25, -0.2) is 9.37 Å². The van der Waals surface area contributed by atoms with Crippen molar-refractivity contribution in [3.05, 3.63) is 59.5 Å². The summed E-state index contributed by atoms with van der Waals surface area (Å²) in [6, 6.07) is 7.60. The number of fused-ring (bicyclic) bond motifs is 2.